The minimum Gasteiger partial charge on any atom is -0.512 e. The second kappa shape index (κ2) is 72.3. The molecular formula is C131H177Ir4N7O8-4. The van der Waals surface area contributed by atoms with Crippen LogP contribution in [-0.4, -0.2) is 78.4 Å². The predicted molar refractivity (Wildman–Crippen MR) is 616 cm³/mol. The Balaban J connectivity index is 0.000000860. The van der Waals surface area contributed by atoms with E-state index in [4.69, 9.17) is 9.97 Å². The molecule has 0 amide bonds. The van der Waals surface area contributed by atoms with Crippen LogP contribution in [0.2, 0.25) is 0 Å². The van der Waals surface area contributed by atoms with Crippen LogP contribution in [0.4, 0.5) is 0 Å². The Morgan fingerprint density at radius 1 is 0.300 bits per heavy atom. The summed E-state index contributed by atoms with van der Waals surface area (Å²) in [6.45, 7) is 66.7. The molecule has 150 heavy (non-hydrogen) atoms. The molecule has 15 nitrogen and oxygen atoms in total. The van der Waals surface area contributed by atoms with E-state index in [0.29, 0.717) is 23.7 Å². The SMILES string of the molecule is CCC(CC)C(=O)C=C(O)C(CC)CC.CCC(CC)C(=O)C=C(O)C(CC)CC.CCC(CC)C(=O)C=C(O)C(CC)CC.CCC(CC)C(=O)C=C(O)C(CC)CC.Cc1[c-]c(-c2ncc3c(CC(C)C)cccc3n2)cc(C)c1.Cc1[c-]c(-c2ncc3ccc(CC(C)C)cc3n2)cc(C)c1.Cc1[c-]c(-c2nccc3cc(C(C)C)ccc23)cc(C)c1.Cc1[c-]c(-c2ncnc3ccc(C(C)C)cc23)cc(C)c1.[Ir].[Ir].[Ir].[Ir]. The molecule has 0 fully saturated rings. The second-order valence-electron chi connectivity index (χ2n) is 40.8. The maximum absolute atomic E-state index is 11.7. The molecule has 8 aromatic carbocycles. The van der Waals surface area contributed by atoms with Crippen LogP contribution < -0.4 is 0 Å². The summed E-state index contributed by atoms with van der Waals surface area (Å²) in [5.41, 5.74) is 23.8. The number of aryl methyl sites for hydroxylation is 8. The Morgan fingerprint density at radius 2 is 0.640 bits per heavy atom. The van der Waals surface area contributed by atoms with Crippen molar-refractivity contribution in [3.8, 4) is 45.3 Å². The number of benzene rings is 8. The molecule has 4 N–H and O–H groups in total. The van der Waals surface area contributed by atoms with Gasteiger partial charge in [-0.3, -0.25) is 44.1 Å². The Kier molecular flexibility index (Phi) is 66.8. The molecule has 19 heteroatoms. The Labute approximate surface area is 957 Å². The molecular weight excluding hydrogens is 2570 g/mol. The fourth-order valence-electron chi connectivity index (χ4n) is 18.3. The van der Waals surface area contributed by atoms with Crippen molar-refractivity contribution in [1.82, 2.24) is 34.9 Å². The number of aliphatic hydroxyl groups is 4. The van der Waals surface area contributed by atoms with Gasteiger partial charge in [-0.25, -0.2) is 4.98 Å². The number of hydrogen-bond acceptors (Lipinski definition) is 15. The molecule has 4 radical (unpaired) electrons. The number of aromatic nitrogens is 7. The number of nitrogens with zero attached hydrogens (tertiary/aromatic N) is 7. The first-order valence-corrected chi connectivity index (χ1v) is 54.5. The molecule has 0 aliphatic carbocycles. The summed E-state index contributed by atoms with van der Waals surface area (Å²) < 4.78 is 0. The van der Waals surface area contributed by atoms with Crippen LogP contribution >= 0.6 is 0 Å². The van der Waals surface area contributed by atoms with E-state index in [0.717, 1.165) is 216 Å². The summed E-state index contributed by atoms with van der Waals surface area (Å²) >= 11 is 0. The molecule has 0 saturated heterocycles. The van der Waals surface area contributed by atoms with Gasteiger partial charge in [0.1, 0.15) is 6.33 Å². The van der Waals surface area contributed by atoms with Crippen molar-refractivity contribution in [1.29, 1.82) is 0 Å². The largest absolute Gasteiger partial charge is 0.512 e. The van der Waals surface area contributed by atoms with Gasteiger partial charge in [-0.05, 0) is 213 Å². The van der Waals surface area contributed by atoms with E-state index >= 15 is 0 Å². The van der Waals surface area contributed by atoms with E-state index in [1.54, 1.807) is 6.33 Å². The number of rotatable bonds is 38. The van der Waals surface area contributed by atoms with Crippen molar-refractivity contribution in [2.24, 2.45) is 59.2 Å². The molecule has 824 valence electrons. The zero-order valence-electron chi connectivity index (χ0n) is 96.3. The number of pyridine rings is 1. The Bertz CT molecular complexity index is 5910. The third kappa shape index (κ3) is 45.0. The average Bonchev–Trinajstić information content (AvgIpc) is 0.781. The summed E-state index contributed by atoms with van der Waals surface area (Å²) in [6, 6.07) is 58.5. The summed E-state index contributed by atoms with van der Waals surface area (Å²) in [5.74, 6) is 5.99. The third-order valence-corrected chi connectivity index (χ3v) is 27.3. The van der Waals surface area contributed by atoms with Crippen LogP contribution in [0.3, 0.4) is 0 Å². The molecule has 0 saturated carbocycles. The van der Waals surface area contributed by atoms with Gasteiger partial charge >= 0.3 is 0 Å². The number of hydrogen-bond donors (Lipinski definition) is 4. The maximum atomic E-state index is 11.7. The summed E-state index contributed by atoms with van der Waals surface area (Å²) in [7, 11) is 0. The number of carbonyl (C=O) groups excluding carboxylic acids is 4. The zero-order valence-corrected chi connectivity index (χ0v) is 106. The van der Waals surface area contributed by atoms with Crippen LogP contribution in [0, 0.1) is 139 Å². The van der Waals surface area contributed by atoms with E-state index in [2.05, 4.69) is 287 Å². The van der Waals surface area contributed by atoms with E-state index in [1.807, 2.05) is 129 Å². The first kappa shape index (κ1) is 139. The smallest absolute Gasteiger partial charge is 0.162 e. The predicted octanol–water partition coefficient (Wildman–Crippen LogP) is 35.6. The minimum atomic E-state index is 0. The molecule has 0 bridgehead atoms. The molecule has 4 heterocycles. The molecule has 12 rings (SSSR count). The minimum absolute atomic E-state index is 0. The molecule has 0 atom stereocenters. The van der Waals surface area contributed by atoms with Gasteiger partial charge in [0.15, 0.2) is 23.1 Å². The quantitative estimate of drug-likeness (QED) is 0.0160. The van der Waals surface area contributed by atoms with Gasteiger partial charge in [0.05, 0.1) is 51.2 Å². The second-order valence-corrected chi connectivity index (χ2v) is 40.8. The Hall–Kier alpha value is -9.37. The number of ketones is 4. The van der Waals surface area contributed by atoms with Crippen LogP contribution in [0.1, 0.15) is 348 Å². The van der Waals surface area contributed by atoms with E-state index in [9.17, 15) is 39.6 Å². The molecule has 0 spiro atoms. The average molecular weight is 2750 g/mol. The van der Waals surface area contributed by atoms with Crippen LogP contribution in [-0.2, 0) is 112 Å². The first-order chi connectivity index (χ1) is 69.5. The zero-order chi connectivity index (χ0) is 109. The molecule has 4 aromatic heterocycles. The van der Waals surface area contributed by atoms with E-state index in [1.165, 1.54) is 79.6 Å². The van der Waals surface area contributed by atoms with Gasteiger partial charge in [-0.1, -0.05) is 276 Å². The molecule has 0 unspecified atom stereocenters. The van der Waals surface area contributed by atoms with Crippen LogP contribution in [0.25, 0.3) is 88.8 Å². The van der Waals surface area contributed by atoms with Gasteiger partial charge in [0, 0.05) is 181 Å². The normalized spacial score (nSPS) is 11.5. The van der Waals surface area contributed by atoms with Crippen molar-refractivity contribution < 1.29 is 120 Å². The molecule has 12 aromatic rings. The van der Waals surface area contributed by atoms with E-state index < -0.39 is 0 Å². The van der Waals surface area contributed by atoms with Crippen molar-refractivity contribution in [2.45, 2.75) is 349 Å². The maximum Gasteiger partial charge on any atom is 0.162 e. The summed E-state index contributed by atoms with van der Waals surface area (Å²) in [5, 5.41) is 44.8. The van der Waals surface area contributed by atoms with Crippen molar-refractivity contribution >= 4 is 66.6 Å². The van der Waals surface area contributed by atoms with Crippen LogP contribution in [0.15, 0.2) is 200 Å². The van der Waals surface area contributed by atoms with Gasteiger partial charge < -0.3 is 25.4 Å². The monoisotopic (exact) mass is 2750 g/mol. The van der Waals surface area contributed by atoms with Gasteiger partial charge in [0.25, 0.3) is 0 Å². The van der Waals surface area contributed by atoms with Gasteiger partial charge in [0.2, 0.25) is 0 Å². The molecule has 0 aliphatic heterocycles. The van der Waals surface area contributed by atoms with Crippen LogP contribution in [0.5, 0.6) is 0 Å². The van der Waals surface area contributed by atoms with Crippen molar-refractivity contribution in [2.75, 3.05) is 0 Å². The van der Waals surface area contributed by atoms with Gasteiger partial charge in [-0.2, -0.15) is 0 Å². The Morgan fingerprint density at radius 3 is 1.00 bits per heavy atom. The standard InChI is InChI=1S/2C20H21N2.C20H20N.C19H19N2.4C13H24O2.4Ir/c1-13(2)7-16-5-6-17-12-21-20(22-19(17)11-16)18-9-14(3)8-15(4)10-18;1-13(2)8-16-6-5-7-19-18(16)12-21-20(22-19)17-10-14(3)9-15(4)11-17;1-13(2)16-5-6-19-17(12-16)7-8-21-20(19)18-10-14(3)9-15(4)11-18;1-12(2)15-5-6-18-17(10-15)19(21-11-20-18)16-8-13(3)7-14(4)9-16;4*1-5-10(6-2)12(14)9-13(15)11(7-3)8-4;;;;/h5-6,8-9,11-13H,7H2,1-4H3;5-7,9-10,12-13H,8H2,1-4H3;5-10,12-13H,1-4H3;5-8,10-12H,1-4H3;4*9-11,14H,5-8H2,1-4H3;;;;/q4*-1;;;;;;;;. The van der Waals surface area contributed by atoms with E-state index in [-0.39, 0.29) is 174 Å². The van der Waals surface area contributed by atoms with Crippen molar-refractivity contribution in [3.63, 3.8) is 0 Å². The topological polar surface area (TPSA) is 239 Å². The first-order valence-electron chi connectivity index (χ1n) is 54.5. The number of fused-ring (bicyclic) bond motifs is 4. The number of allylic oxidation sites excluding steroid dienone is 8. The van der Waals surface area contributed by atoms with Crippen molar-refractivity contribution in [3.05, 3.63) is 291 Å². The fraction of sp³-hybridized carbons (Fsp3) is 0.473. The van der Waals surface area contributed by atoms with Gasteiger partial charge in [-0.15, -0.1) is 140 Å². The number of carbonyl (C=O) groups is 4. The summed E-state index contributed by atoms with van der Waals surface area (Å²) in [6.07, 6.45) is 29.1. The third-order valence-electron chi connectivity index (χ3n) is 27.3. The molecule has 0 aliphatic rings. The number of aliphatic hydroxyl groups excluding tert-OH is 4. The summed E-state index contributed by atoms with van der Waals surface area (Å²) in [4.78, 5) is 79.0. The fourth-order valence-corrected chi connectivity index (χ4v) is 18.3.